The van der Waals surface area contributed by atoms with Gasteiger partial charge >= 0.3 is 0 Å². The smallest absolute Gasteiger partial charge is 0.254 e. The third kappa shape index (κ3) is 3.62. The molecule has 1 aromatic carbocycles. The molecule has 0 aromatic heterocycles. The number of nitrogens with one attached hydrogen (secondary N) is 1. The van der Waals surface area contributed by atoms with E-state index in [0.29, 0.717) is 18.0 Å². The summed E-state index contributed by atoms with van der Waals surface area (Å²) in [5.41, 5.74) is 7.12. The van der Waals surface area contributed by atoms with Crippen molar-refractivity contribution < 1.29 is 9.59 Å². The average molecular weight is 321 g/mol. The summed E-state index contributed by atoms with van der Waals surface area (Å²) < 4.78 is 0. The molecule has 2 unspecified atom stereocenters. The van der Waals surface area contributed by atoms with E-state index in [1.807, 2.05) is 17.2 Å². The van der Waals surface area contributed by atoms with E-state index >= 15 is 0 Å². The Balaban J connectivity index is 2.21. The highest BCUT2D eigenvalue weighted by Gasteiger charge is 2.32. The molecule has 2 rings (SSSR count). The summed E-state index contributed by atoms with van der Waals surface area (Å²) in [5.74, 6) is 0.305. The van der Waals surface area contributed by atoms with Crippen LogP contribution in [0.5, 0.6) is 0 Å². The monoisotopic (exact) mass is 321 g/mol. The van der Waals surface area contributed by atoms with Crippen LogP contribution in [0.3, 0.4) is 0 Å². The van der Waals surface area contributed by atoms with Gasteiger partial charge in [-0.1, -0.05) is 0 Å². The number of rotatable bonds is 4. The molecule has 1 aliphatic heterocycles. The van der Waals surface area contributed by atoms with Gasteiger partial charge in [-0.25, -0.2) is 0 Å². The van der Waals surface area contributed by atoms with E-state index in [-0.39, 0.29) is 17.9 Å². The molecule has 0 bridgehead atoms. The number of likely N-dealkylation sites (tertiary alicyclic amines) is 1. The number of hydrogen-bond donors (Lipinski definition) is 2. The van der Waals surface area contributed by atoms with E-state index < -0.39 is 0 Å². The molecular weight excluding hydrogens is 298 g/mol. The van der Waals surface area contributed by atoms with Crippen molar-refractivity contribution in [2.75, 3.05) is 24.7 Å². The van der Waals surface area contributed by atoms with E-state index in [1.54, 1.807) is 12.1 Å². The van der Waals surface area contributed by atoms with E-state index in [4.69, 9.17) is 5.73 Å². The summed E-state index contributed by atoms with van der Waals surface area (Å²) >= 11 is 1.51. The first-order valence-electron chi connectivity index (χ1n) is 7.43. The number of carbonyl (C=O) groups is 2. The average Bonchev–Trinajstić information content (AvgIpc) is 2.87. The highest BCUT2D eigenvalue weighted by atomic mass is 32.2. The molecule has 120 valence electrons. The van der Waals surface area contributed by atoms with Crippen molar-refractivity contribution in [1.29, 1.82) is 0 Å². The molecule has 2 amide bonds. The minimum Gasteiger partial charge on any atom is -0.336 e. The number of benzene rings is 1. The van der Waals surface area contributed by atoms with Gasteiger partial charge in [-0.15, -0.1) is 11.8 Å². The van der Waals surface area contributed by atoms with Crippen molar-refractivity contribution >= 4 is 29.3 Å². The topological polar surface area (TPSA) is 75.4 Å². The van der Waals surface area contributed by atoms with Crippen LogP contribution in [0, 0.1) is 5.92 Å². The number of nitrogens with zero attached hydrogens (tertiary/aromatic N) is 1. The van der Waals surface area contributed by atoms with Gasteiger partial charge in [0, 0.05) is 30.0 Å². The molecule has 2 atom stereocenters. The van der Waals surface area contributed by atoms with E-state index in [9.17, 15) is 9.59 Å². The number of carbonyl (C=O) groups excluding carboxylic acids is 2. The van der Waals surface area contributed by atoms with Crippen molar-refractivity contribution in [1.82, 2.24) is 4.90 Å². The summed E-state index contributed by atoms with van der Waals surface area (Å²) in [4.78, 5) is 26.7. The van der Waals surface area contributed by atoms with E-state index in [1.165, 1.54) is 18.7 Å². The molecule has 3 N–H and O–H groups in total. The van der Waals surface area contributed by atoms with Crippen molar-refractivity contribution in [2.24, 2.45) is 11.7 Å². The Labute approximate surface area is 135 Å². The fourth-order valence-electron chi connectivity index (χ4n) is 2.88. The maximum atomic E-state index is 12.7. The van der Waals surface area contributed by atoms with Gasteiger partial charge in [0.1, 0.15) is 0 Å². The largest absolute Gasteiger partial charge is 0.336 e. The lowest BCUT2D eigenvalue weighted by Gasteiger charge is -2.22. The van der Waals surface area contributed by atoms with Crippen LogP contribution in [0.4, 0.5) is 5.69 Å². The molecule has 0 saturated carbocycles. The van der Waals surface area contributed by atoms with Crippen LogP contribution in [0.2, 0.25) is 0 Å². The minimum atomic E-state index is -0.117. The number of nitrogens with two attached hydrogens (primary N) is 1. The van der Waals surface area contributed by atoms with Crippen LogP contribution in [0.25, 0.3) is 0 Å². The Hall–Kier alpha value is -1.53. The highest BCUT2D eigenvalue weighted by Crippen LogP contribution is 2.29. The minimum absolute atomic E-state index is 0.0353. The molecule has 1 heterocycles. The lowest BCUT2D eigenvalue weighted by Crippen LogP contribution is -2.34. The van der Waals surface area contributed by atoms with Gasteiger partial charge in [0.2, 0.25) is 5.91 Å². The molecule has 0 radical (unpaired) electrons. The van der Waals surface area contributed by atoms with E-state index in [2.05, 4.69) is 12.2 Å². The molecular formula is C16H23N3O2S. The van der Waals surface area contributed by atoms with Crippen LogP contribution in [-0.2, 0) is 4.79 Å². The maximum absolute atomic E-state index is 12.7. The molecule has 1 saturated heterocycles. The Morgan fingerprint density at radius 2 is 2.18 bits per heavy atom. The summed E-state index contributed by atoms with van der Waals surface area (Å²) in [5, 5.41) is 2.78. The maximum Gasteiger partial charge on any atom is 0.254 e. The molecule has 6 heteroatoms. The lowest BCUT2D eigenvalue weighted by molar-refractivity contribution is -0.114. The zero-order valence-electron chi connectivity index (χ0n) is 13.3. The lowest BCUT2D eigenvalue weighted by atomic mass is 10.1. The van der Waals surface area contributed by atoms with Crippen LogP contribution in [0.1, 0.15) is 30.6 Å². The second-order valence-electron chi connectivity index (χ2n) is 5.74. The first-order valence-corrected chi connectivity index (χ1v) is 8.65. The Morgan fingerprint density at radius 1 is 1.45 bits per heavy atom. The SMILES string of the molecule is CSc1cc(C(=O)N2CC(CN)CC2C)ccc1NC(C)=O. The molecule has 0 aliphatic carbocycles. The molecule has 1 fully saturated rings. The fraction of sp³-hybridized carbons (Fsp3) is 0.500. The summed E-state index contributed by atoms with van der Waals surface area (Å²) in [7, 11) is 0. The quantitative estimate of drug-likeness (QED) is 0.834. The van der Waals surface area contributed by atoms with Crippen molar-refractivity contribution in [3.63, 3.8) is 0 Å². The van der Waals surface area contributed by atoms with Gasteiger partial charge in [-0.3, -0.25) is 9.59 Å². The molecule has 22 heavy (non-hydrogen) atoms. The standard InChI is InChI=1S/C16H23N3O2S/c1-10-6-12(8-17)9-19(10)16(21)13-4-5-14(18-11(2)20)15(7-13)22-3/h4-5,7,10,12H,6,8-9,17H2,1-3H3,(H,18,20). The summed E-state index contributed by atoms with van der Waals surface area (Å²) in [6, 6.07) is 5.63. The normalized spacial score (nSPS) is 21.0. The first-order chi connectivity index (χ1) is 10.5. The third-order valence-electron chi connectivity index (χ3n) is 4.01. The van der Waals surface area contributed by atoms with Gasteiger partial charge in [-0.2, -0.15) is 0 Å². The molecule has 1 aliphatic rings. The predicted molar refractivity (Wildman–Crippen MR) is 90.2 cm³/mol. The summed E-state index contributed by atoms with van der Waals surface area (Å²) in [6.07, 6.45) is 2.89. The number of hydrogen-bond acceptors (Lipinski definition) is 4. The molecule has 5 nitrogen and oxygen atoms in total. The van der Waals surface area contributed by atoms with Gasteiger partial charge in [0.15, 0.2) is 0 Å². The van der Waals surface area contributed by atoms with Gasteiger partial charge in [0.25, 0.3) is 5.91 Å². The van der Waals surface area contributed by atoms with Crippen LogP contribution < -0.4 is 11.1 Å². The summed E-state index contributed by atoms with van der Waals surface area (Å²) in [6.45, 7) is 4.88. The zero-order valence-corrected chi connectivity index (χ0v) is 14.1. The fourth-order valence-corrected chi connectivity index (χ4v) is 3.46. The van der Waals surface area contributed by atoms with Gasteiger partial charge < -0.3 is 16.0 Å². The van der Waals surface area contributed by atoms with Gasteiger partial charge in [0.05, 0.1) is 5.69 Å². The van der Waals surface area contributed by atoms with Gasteiger partial charge in [-0.05, 0) is 50.3 Å². The molecule has 0 spiro atoms. The van der Waals surface area contributed by atoms with Crippen LogP contribution in [0.15, 0.2) is 23.1 Å². The van der Waals surface area contributed by atoms with Crippen LogP contribution in [-0.4, -0.2) is 42.1 Å². The molecule has 1 aromatic rings. The van der Waals surface area contributed by atoms with Crippen molar-refractivity contribution in [3.8, 4) is 0 Å². The number of anilines is 1. The Kier molecular flexibility index (Phi) is 5.47. The second kappa shape index (κ2) is 7.15. The predicted octanol–water partition coefficient (Wildman–Crippen LogP) is 2.18. The van der Waals surface area contributed by atoms with Crippen molar-refractivity contribution in [2.45, 2.75) is 31.2 Å². The highest BCUT2D eigenvalue weighted by molar-refractivity contribution is 7.98. The number of thioether (sulfide) groups is 1. The first kappa shape index (κ1) is 16.8. The third-order valence-corrected chi connectivity index (χ3v) is 4.79. The Bertz CT molecular complexity index is 577. The van der Waals surface area contributed by atoms with Crippen molar-refractivity contribution in [3.05, 3.63) is 23.8 Å². The zero-order chi connectivity index (χ0) is 16.3. The second-order valence-corrected chi connectivity index (χ2v) is 6.59. The van der Waals surface area contributed by atoms with Crippen LogP contribution >= 0.6 is 11.8 Å². The van der Waals surface area contributed by atoms with E-state index in [0.717, 1.165) is 23.5 Å². The Morgan fingerprint density at radius 3 is 2.73 bits per heavy atom. The number of amides is 2.